The second-order valence-corrected chi connectivity index (χ2v) is 6.71. The highest BCUT2D eigenvalue weighted by Gasteiger charge is 2.28. The Hall–Kier alpha value is -0.0800. The van der Waals surface area contributed by atoms with Crippen LogP contribution in [0.5, 0.6) is 0 Å². The van der Waals surface area contributed by atoms with Crippen molar-refractivity contribution >= 4 is 0 Å². The van der Waals surface area contributed by atoms with E-state index in [0.29, 0.717) is 5.41 Å². The third-order valence-electron chi connectivity index (χ3n) is 4.44. The number of hydrogen-bond acceptors (Lipinski definition) is 2. The molecular weight excluding hydrogens is 196 g/mol. The topological polar surface area (TPSA) is 15.3 Å². The highest BCUT2D eigenvalue weighted by Crippen LogP contribution is 2.35. The maximum absolute atomic E-state index is 3.88. The molecule has 1 heterocycles. The summed E-state index contributed by atoms with van der Waals surface area (Å²) in [6.45, 7) is 7.37. The van der Waals surface area contributed by atoms with Crippen LogP contribution in [0.1, 0.15) is 52.4 Å². The van der Waals surface area contributed by atoms with Gasteiger partial charge in [0.2, 0.25) is 0 Å². The first-order chi connectivity index (χ1) is 7.55. The summed E-state index contributed by atoms with van der Waals surface area (Å²) in [5.41, 5.74) is 0.599. The second-order valence-electron chi connectivity index (χ2n) is 6.71. The average molecular weight is 224 g/mol. The molecule has 0 aromatic rings. The molecule has 1 N–H and O–H groups in total. The summed E-state index contributed by atoms with van der Waals surface area (Å²) in [6, 6.07) is 1.55. The van der Waals surface area contributed by atoms with Crippen LogP contribution in [0, 0.1) is 5.41 Å². The molecular formula is C14H28N2. The average Bonchev–Trinajstić information content (AvgIpc) is 2.21. The molecule has 0 spiro atoms. The zero-order valence-corrected chi connectivity index (χ0v) is 11.3. The summed E-state index contributed by atoms with van der Waals surface area (Å²) in [7, 11) is 2.25. The third kappa shape index (κ3) is 3.46. The minimum atomic E-state index is 0.599. The van der Waals surface area contributed by atoms with Gasteiger partial charge in [-0.1, -0.05) is 13.8 Å². The van der Waals surface area contributed by atoms with E-state index in [0.717, 1.165) is 12.1 Å². The monoisotopic (exact) mass is 224 g/mol. The molecule has 0 radical (unpaired) electrons. The van der Waals surface area contributed by atoms with Gasteiger partial charge in [-0.2, -0.15) is 0 Å². The van der Waals surface area contributed by atoms with E-state index in [1.54, 1.807) is 0 Å². The van der Waals surface area contributed by atoms with E-state index >= 15 is 0 Å². The van der Waals surface area contributed by atoms with Crippen molar-refractivity contribution in [3.8, 4) is 0 Å². The summed E-state index contributed by atoms with van der Waals surface area (Å²) in [6.07, 6.45) is 8.30. The number of piperidine rings is 1. The van der Waals surface area contributed by atoms with Crippen molar-refractivity contribution in [1.29, 1.82) is 0 Å². The van der Waals surface area contributed by atoms with E-state index in [1.165, 1.54) is 51.6 Å². The fraction of sp³-hybridized carbons (Fsp3) is 1.00. The first kappa shape index (κ1) is 12.4. The predicted molar refractivity (Wildman–Crippen MR) is 69.7 cm³/mol. The Balaban J connectivity index is 1.74. The molecule has 2 aliphatic rings. The normalized spacial score (nSPS) is 32.8. The van der Waals surface area contributed by atoms with Crippen LogP contribution in [0.4, 0.5) is 0 Å². The third-order valence-corrected chi connectivity index (χ3v) is 4.44. The number of likely N-dealkylation sites (N-methyl/N-ethyl adjacent to an activating group) is 1. The molecule has 2 nitrogen and oxygen atoms in total. The second kappa shape index (κ2) is 5.05. The van der Waals surface area contributed by atoms with Gasteiger partial charge in [0.15, 0.2) is 0 Å². The molecule has 0 aromatic heterocycles. The molecule has 1 saturated heterocycles. The van der Waals surface area contributed by atoms with Crippen LogP contribution in [-0.2, 0) is 0 Å². The Morgan fingerprint density at radius 3 is 2.38 bits per heavy atom. The van der Waals surface area contributed by atoms with Crippen molar-refractivity contribution in [2.24, 2.45) is 5.41 Å². The van der Waals surface area contributed by atoms with Crippen molar-refractivity contribution in [3.05, 3.63) is 0 Å². The van der Waals surface area contributed by atoms with Crippen molar-refractivity contribution in [2.75, 3.05) is 20.1 Å². The number of likely N-dealkylation sites (tertiary alicyclic amines) is 1. The van der Waals surface area contributed by atoms with Gasteiger partial charge in [0, 0.05) is 18.6 Å². The lowest BCUT2D eigenvalue weighted by Gasteiger charge is -2.38. The van der Waals surface area contributed by atoms with E-state index in [4.69, 9.17) is 0 Å². The van der Waals surface area contributed by atoms with Gasteiger partial charge in [0.05, 0.1) is 0 Å². The van der Waals surface area contributed by atoms with E-state index in [-0.39, 0.29) is 0 Å². The summed E-state index contributed by atoms with van der Waals surface area (Å²) < 4.78 is 0. The highest BCUT2D eigenvalue weighted by molar-refractivity contribution is 4.86. The Bertz CT molecular complexity index is 215. The van der Waals surface area contributed by atoms with Crippen LogP contribution < -0.4 is 5.32 Å². The molecule has 94 valence electrons. The molecule has 2 fully saturated rings. The van der Waals surface area contributed by atoms with Crippen LogP contribution in [0.2, 0.25) is 0 Å². The van der Waals surface area contributed by atoms with Crippen molar-refractivity contribution in [3.63, 3.8) is 0 Å². The van der Waals surface area contributed by atoms with Crippen LogP contribution in [0.15, 0.2) is 0 Å². The molecule has 1 aliphatic heterocycles. The molecule has 16 heavy (non-hydrogen) atoms. The number of hydrogen-bond donors (Lipinski definition) is 1. The van der Waals surface area contributed by atoms with Gasteiger partial charge < -0.3 is 10.2 Å². The first-order valence-electron chi connectivity index (χ1n) is 7.00. The zero-order valence-electron chi connectivity index (χ0n) is 11.3. The van der Waals surface area contributed by atoms with E-state index < -0.39 is 0 Å². The van der Waals surface area contributed by atoms with E-state index in [2.05, 4.69) is 31.1 Å². The summed E-state index contributed by atoms with van der Waals surface area (Å²) in [5.74, 6) is 0. The van der Waals surface area contributed by atoms with Gasteiger partial charge in [-0.25, -0.2) is 0 Å². The summed E-state index contributed by atoms with van der Waals surface area (Å²) >= 11 is 0. The smallest absolute Gasteiger partial charge is 0.0197 e. The summed E-state index contributed by atoms with van der Waals surface area (Å²) in [4.78, 5) is 2.47. The maximum atomic E-state index is 3.88. The van der Waals surface area contributed by atoms with Crippen molar-refractivity contribution < 1.29 is 0 Å². The van der Waals surface area contributed by atoms with Crippen LogP contribution >= 0.6 is 0 Å². The largest absolute Gasteiger partial charge is 0.310 e. The Morgan fingerprint density at radius 2 is 1.75 bits per heavy atom. The van der Waals surface area contributed by atoms with Gasteiger partial charge in [-0.05, 0) is 57.5 Å². The minimum absolute atomic E-state index is 0.599. The highest BCUT2D eigenvalue weighted by atomic mass is 15.1. The number of rotatable bonds is 2. The SMILES string of the molecule is CN1CCCC(NC2CCC(C)(C)CC2)C1. The van der Waals surface area contributed by atoms with Gasteiger partial charge in [0.1, 0.15) is 0 Å². The Morgan fingerprint density at radius 1 is 1.06 bits per heavy atom. The fourth-order valence-electron chi connectivity index (χ4n) is 3.20. The van der Waals surface area contributed by atoms with Gasteiger partial charge in [-0.3, -0.25) is 0 Å². The fourth-order valence-corrected chi connectivity index (χ4v) is 3.20. The van der Waals surface area contributed by atoms with Crippen LogP contribution in [-0.4, -0.2) is 37.1 Å². The van der Waals surface area contributed by atoms with Crippen molar-refractivity contribution in [1.82, 2.24) is 10.2 Å². The van der Waals surface area contributed by atoms with Gasteiger partial charge in [-0.15, -0.1) is 0 Å². The van der Waals surface area contributed by atoms with E-state index in [9.17, 15) is 0 Å². The van der Waals surface area contributed by atoms with E-state index in [1.807, 2.05) is 0 Å². The van der Waals surface area contributed by atoms with Crippen LogP contribution in [0.25, 0.3) is 0 Å². The van der Waals surface area contributed by atoms with Crippen molar-refractivity contribution in [2.45, 2.75) is 64.5 Å². The van der Waals surface area contributed by atoms with Crippen LogP contribution in [0.3, 0.4) is 0 Å². The molecule has 1 atom stereocenters. The maximum Gasteiger partial charge on any atom is 0.0197 e. The lowest BCUT2D eigenvalue weighted by Crippen LogP contribution is -2.49. The summed E-state index contributed by atoms with van der Waals surface area (Å²) in [5, 5.41) is 3.88. The van der Waals surface area contributed by atoms with Gasteiger partial charge in [0.25, 0.3) is 0 Å². The molecule has 0 bridgehead atoms. The Kier molecular flexibility index (Phi) is 3.91. The number of nitrogens with zero attached hydrogens (tertiary/aromatic N) is 1. The molecule has 2 heteroatoms. The molecule has 1 unspecified atom stereocenters. The molecule has 2 rings (SSSR count). The lowest BCUT2D eigenvalue weighted by molar-refractivity contribution is 0.168. The molecule has 0 amide bonds. The quantitative estimate of drug-likeness (QED) is 0.776. The Labute approximate surface area is 101 Å². The van der Waals surface area contributed by atoms with Gasteiger partial charge >= 0.3 is 0 Å². The number of nitrogens with one attached hydrogen (secondary N) is 1. The zero-order chi connectivity index (χ0) is 11.6. The molecule has 1 saturated carbocycles. The first-order valence-corrected chi connectivity index (χ1v) is 7.00. The standard InChI is InChI=1S/C14H28N2/c1-14(2)8-6-12(7-9-14)15-13-5-4-10-16(3)11-13/h12-13,15H,4-11H2,1-3H3. The molecule has 0 aromatic carbocycles. The predicted octanol–water partition coefficient (Wildman–Crippen LogP) is 2.64. The minimum Gasteiger partial charge on any atom is -0.310 e. The lowest BCUT2D eigenvalue weighted by atomic mass is 9.75. The molecule has 1 aliphatic carbocycles.